The van der Waals surface area contributed by atoms with Crippen LogP contribution >= 0.6 is 23.1 Å². The number of anilines is 1. The fourth-order valence-electron chi connectivity index (χ4n) is 4.41. The third-order valence-corrected chi connectivity index (χ3v) is 8.28. The molecule has 1 fully saturated rings. The number of fused-ring (bicyclic) bond motifs is 1. The van der Waals surface area contributed by atoms with Crippen LogP contribution < -0.4 is 4.90 Å². The Labute approximate surface area is 216 Å². The first kappa shape index (κ1) is 24.0. The summed E-state index contributed by atoms with van der Waals surface area (Å²) in [6, 6.07) is 19.8. The average molecular weight is 519 g/mol. The van der Waals surface area contributed by atoms with Gasteiger partial charge in [0.15, 0.2) is 6.10 Å². The predicted octanol–water partition coefficient (Wildman–Crippen LogP) is 4.17. The van der Waals surface area contributed by atoms with Gasteiger partial charge >= 0.3 is 5.97 Å². The van der Waals surface area contributed by atoms with E-state index >= 15 is 0 Å². The van der Waals surface area contributed by atoms with E-state index in [0.29, 0.717) is 12.0 Å². The fourth-order valence-corrected chi connectivity index (χ4v) is 6.44. The van der Waals surface area contributed by atoms with E-state index in [-0.39, 0.29) is 17.4 Å². The van der Waals surface area contributed by atoms with Crippen LogP contribution in [0, 0.1) is 0 Å². The molecule has 1 saturated heterocycles. The van der Waals surface area contributed by atoms with E-state index in [1.165, 1.54) is 34.3 Å². The van der Waals surface area contributed by atoms with Gasteiger partial charge in [0.1, 0.15) is 23.0 Å². The van der Waals surface area contributed by atoms with Crippen molar-refractivity contribution in [1.29, 1.82) is 0 Å². The first-order valence-electron chi connectivity index (χ1n) is 11.3. The monoisotopic (exact) mass is 518 g/mol. The molecule has 2 aromatic carbocycles. The normalized spacial score (nSPS) is 20.7. The molecular formula is C27H22N2O5S2. The minimum absolute atomic E-state index is 0.151. The van der Waals surface area contributed by atoms with E-state index in [2.05, 4.69) is 0 Å². The number of amides is 2. The third-order valence-electron chi connectivity index (χ3n) is 6.11. The summed E-state index contributed by atoms with van der Waals surface area (Å²) in [5.74, 6) is -1.16. The Bertz CT molecular complexity index is 1270. The molecule has 0 saturated carbocycles. The molecule has 2 aliphatic heterocycles. The molecule has 0 bridgehead atoms. The molecule has 1 aromatic heterocycles. The van der Waals surface area contributed by atoms with Crippen molar-refractivity contribution in [3.05, 3.63) is 100 Å². The van der Waals surface area contributed by atoms with Gasteiger partial charge in [-0.25, -0.2) is 0 Å². The molecule has 182 valence electrons. The van der Waals surface area contributed by atoms with Crippen LogP contribution in [0.2, 0.25) is 0 Å². The van der Waals surface area contributed by atoms with Crippen molar-refractivity contribution in [2.24, 2.45) is 0 Å². The second-order valence-corrected chi connectivity index (χ2v) is 10.4. The van der Waals surface area contributed by atoms with Crippen LogP contribution in [0.1, 0.15) is 24.2 Å². The lowest BCUT2D eigenvalue weighted by Gasteiger charge is -2.51. The Morgan fingerprint density at radius 1 is 1.03 bits per heavy atom. The zero-order valence-electron chi connectivity index (χ0n) is 19.2. The molecule has 2 aliphatic rings. The van der Waals surface area contributed by atoms with Crippen LogP contribution in [0.3, 0.4) is 0 Å². The zero-order valence-corrected chi connectivity index (χ0v) is 20.9. The molecule has 3 aromatic rings. The minimum Gasteiger partial charge on any atom is -0.451 e. The quantitative estimate of drug-likeness (QED) is 0.265. The van der Waals surface area contributed by atoms with Gasteiger partial charge in [0.2, 0.25) is 5.91 Å². The number of hydrogen-bond donors (Lipinski definition) is 0. The summed E-state index contributed by atoms with van der Waals surface area (Å²) in [6.45, 7) is 1.41. The predicted molar refractivity (Wildman–Crippen MR) is 138 cm³/mol. The zero-order chi connectivity index (χ0) is 25.2. The summed E-state index contributed by atoms with van der Waals surface area (Å²) < 4.78 is 6.00. The fraction of sp³-hybridized carbons (Fsp3) is 0.185. The summed E-state index contributed by atoms with van der Waals surface area (Å²) in [6.07, 6.45) is 1.33. The molecule has 0 aliphatic carbocycles. The highest BCUT2D eigenvalue weighted by Crippen LogP contribution is 2.44. The molecule has 7 nitrogen and oxygen atoms in total. The van der Waals surface area contributed by atoms with Gasteiger partial charge in [-0.3, -0.25) is 24.1 Å². The summed E-state index contributed by atoms with van der Waals surface area (Å²) in [5.41, 5.74) is 2.38. The lowest BCUT2D eigenvalue weighted by molar-refractivity contribution is -0.147. The van der Waals surface area contributed by atoms with Gasteiger partial charge in [-0.1, -0.05) is 60.7 Å². The number of carbonyl (C=O) groups is 4. The number of thiophene rings is 1. The molecule has 0 radical (unpaired) electrons. The largest absolute Gasteiger partial charge is 0.451 e. The van der Waals surface area contributed by atoms with Crippen LogP contribution in [0.4, 0.5) is 5.69 Å². The Kier molecular flexibility index (Phi) is 6.75. The summed E-state index contributed by atoms with van der Waals surface area (Å²) in [4.78, 5) is 53.7. The molecule has 0 spiro atoms. The highest BCUT2D eigenvalue weighted by molar-refractivity contribution is 8.01. The van der Waals surface area contributed by atoms with E-state index < -0.39 is 28.7 Å². The van der Waals surface area contributed by atoms with E-state index in [9.17, 15) is 19.2 Å². The number of carbonyl (C=O) groups excluding carboxylic acids is 4. The Morgan fingerprint density at radius 3 is 2.19 bits per heavy atom. The first-order valence-corrected chi connectivity index (χ1v) is 13.1. The number of rotatable bonds is 7. The lowest BCUT2D eigenvalue weighted by atomic mass is 10.0. The van der Waals surface area contributed by atoms with Crippen molar-refractivity contribution in [1.82, 2.24) is 4.90 Å². The Balaban J connectivity index is 1.43. The van der Waals surface area contributed by atoms with Crippen LogP contribution in [-0.2, 0) is 23.9 Å². The van der Waals surface area contributed by atoms with E-state index in [1.54, 1.807) is 11.4 Å². The highest BCUT2D eigenvalue weighted by Gasteiger charge is 2.56. The van der Waals surface area contributed by atoms with E-state index in [0.717, 1.165) is 22.9 Å². The third kappa shape index (κ3) is 4.36. The molecule has 9 heteroatoms. The molecule has 2 amide bonds. The maximum Gasteiger partial charge on any atom is 0.324 e. The Hall–Kier alpha value is -3.69. The number of benzene rings is 2. The number of nitrogens with zero attached hydrogens (tertiary/aromatic N) is 2. The average Bonchev–Trinajstić information content (AvgIpc) is 3.44. The minimum atomic E-state index is -0.939. The number of hydrogen-bond acceptors (Lipinski definition) is 7. The first-order chi connectivity index (χ1) is 17.5. The van der Waals surface area contributed by atoms with Crippen molar-refractivity contribution < 1.29 is 23.9 Å². The van der Waals surface area contributed by atoms with Gasteiger partial charge < -0.3 is 9.64 Å². The van der Waals surface area contributed by atoms with Crippen molar-refractivity contribution in [2.45, 2.75) is 29.7 Å². The number of aldehydes is 1. The van der Waals surface area contributed by atoms with Crippen molar-refractivity contribution in [3.8, 4) is 0 Å². The molecule has 2 unspecified atom stereocenters. The second-order valence-electron chi connectivity index (χ2n) is 8.35. The standard InChI is InChI=1S/C27H22N2O5S2/c1-17(31)29(21-12-13-35-16-21)22-25(32)28-14-20(15-30)24(36-26(22)28)27(33)34-23(18-8-4-2-5-9-18)19-10-6-3-7-11-19/h2-16,22-24,26H,1H3/t22?,24?,26-/m1/s1. The SMILES string of the molecule is CC(=O)N(c1ccsc1)C1C(=O)N2C=C(C=O)C(C(=O)OC(c3ccccc3)c3ccccc3)S[C@H]12. The molecule has 3 atom stereocenters. The topological polar surface area (TPSA) is 84.0 Å². The van der Waals surface area contributed by atoms with Gasteiger partial charge in [-0.05, 0) is 22.6 Å². The number of thioether (sulfide) groups is 1. The summed E-state index contributed by atoms with van der Waals surface area (Å²) in [7, 11) is 0. The maximum atomic E-state index is 13.5. The van der Waals surface area contributed by atoms with E-state index in [1.807, 2.05) is 66.0 Å². The number of ether oxygens (including phenoxy) is 1. The number of esters is 1. The lowest BCUT2D eigenvalue weighted by Crippen LogP contribution is -2.70. The summed E-state index contributed by atoms with van der Waals surface area (Å²) >= 11 is 2.57. The van der Waals surface area contributed by atoms with Crippen LogP contribution in [0.5, 0.6) is 0 Å². The van der Waals surface area contributed by atoms with Crippen molar-refractivity contribution in [2.75, 3.05) is 4.90 Å². The maximum absolute atomic E-state index is 13.5. The number of β-lactam (4-membered cyclic amide) rings is 1. The van der Waals surface area contributed by atoms with Crippen molar-refractivity contribution >= 4 is 52.9 Å². The summed E-state index contributed by atoms with van der Waals surface area (Å²) in [5, 5.41) is 2.17. The van der Waals surface area contributed by atoms with Gasteiger partial charge in [-0.2, -0.15) is 11.3 Å². The highest BCUT2D eigenvalue weighted by atomic mass is 32.2. The Morgan fingerprint density at radius 2 is 1.67 bits per heavy atom. The van der Waals surface area contributed by atoms with Crippen LogP contribution in [0.25, 0.3) is 0 Å². The van der Waals surface area contributed by atoms with Gasteiger partial charge in [0.25, 0.3) is 5.91 Å². The molecule has 0 N–H and O–H groups in total. The molecule has 3 heterocycles. The molecule has 36 heavy (non-hydrogen) atoms. The van der Waals surface area contributed by atoms with Gasteiger partial charge in [0, 0.05) is 24.1 Å². The van der Waals surface area contributed by atoms with Crippen molar-refractivity contribution in [3.63, 3.8) is 0 Å². The molecular weight excluding hydrogens is 496 g/mol. The van der Waals surface area contributed by atoms with Crippen LogP contribution in [0.15, 0.2) is 89.3 Å². The van der Waals surface area contributed by atoms with E-state index in [4.69, 9.17) is 4.74 Å². The van der Waals surface area contributed by atoms with Crippen LogP contribution in [-0.4, -0.2) is 45.6 Å². The second kappa shape index (κ2) is 10.1. The molecule has 5 rings (SSSR count). The smallest absolute Gasteiger partial charge is 0.324 e. The van der Waals surface area contributed by atoms with Gasteiger partial charge in [-0.15, -0.1) is 11.8 Å². The van der Waals surface area contributed by atoms with Gasteiger partial charge in [0.05, 0.1) is 5.69 Å².